The summed E-state index contributed by atoms with van der Waals surface area (Å²) in [7, 11) is -0.388. The van der Waals surface area contributed by atoms with Gasteiger partial charge in [0.05, 0.1) is 5.97 Å². The van der Waals surface area contributed by atoms with E-state index in [2.05, 4.69) is 32.0 Å². The van der Waals surface area contributed by atoms with E-state index in [0.717, 1.165) is 9.40 Å². The van der Waals surface area contributed by atoms with Gasteiger partial charge < -0.3 is 9.90 Å². The number of fused-ring (bicyclic) bond motifs is 3. The Morgan fingerprint density at radius 1 is 1.05 bits per heavy atom. The fraction of sp³-hybridized carbons (Fsp3) is 0.188. The van der Waals surface area contributed by atoms with Gasteiger partial charge in [0.15, 0.2) is 15.2 Å². The van der Waals surface area contributed by atoms with Crippen LogP contribution in [-0.2, 0) is 10.5 Å². The standard InChI is InChI=1S/C16H14O2S/c1-10-7-13-12-5-3-4-6-14(12)19(9-16(17)18)15(13)8-11(10)2/h3-8H,9H2,1-2H3. The second kappa shape index (κ2) is 4.35. The van der Waals surface area contributed by atoms with E-state index in [1.54, 1.807) is 0 Å². The Balaban J connectivity index is 2.48. The molecule has 0 aliphatic carbocycles. The van der Waals surface area contributed by atoms with Crippen molar-refractivity contribution in [3.8, 4) is 0 Å². The Hall–Kier alpha value is -1.87. The van der Waals surface area contributed by atoms with Crippen molar-refractivity contribution >= 4 is 36.6 Å². The predicted octanol–water partition coefficient (Wildman–Crippen LogP) is 3.11. The van der Waals surface area contributed by atoms with E-state index in [4.69, 9.17) is 0 Å². The molecule has 0 radical (unpaired) electrons. The fourth-order valence-electron chi connectivity index (χ4n) is 2.50. The van der Waals surface area contributed by atoms with Gasteiger partial charge in [0.2, 0.25) is 0 Å². The fourth-order valence-corrected chi connectivity index (χ4v) is 4.72. The zero-order valence-corrected chi connectivity index (χ0v) is 11.7. The van der Waals surface area contributed by atoms with E-state index < -0.39 is 5.97 Å². The number of carbonyl (C=O) groups is 1. The summed E-state index contributed by atoms with van der Waals surface area (Å²) >= 11 is 0. The number of thiophene rings is 1. The third kappa shape index (κ3) is 1.90. The molecular weight excluding hydrogens is 256 g/mol. The molecule has 0 spiro atoms. The van der Waals surface area contributed by atoms with Gasteiger partial charge >= 0.3 is 0 Å². The topological polar surface area (TPSA) is 40.1 Å². The van der Waals surface area contributed by atoms with E-state index in [-0.39, 0.29) is 16.2 Å². The summed E-state index contributed by atoms with van der Waals surface area (Å²) < 4.78 is 2.28. The Kier molecular flexibility index (Phi) is 2.79. The number of carboxylic acid groups (broad SMARTS) is 1. The first-order chi connectivity index (χ1) is 9.08. The highest BCUT2D eigenvalue weighted by Gasteiger charge is 2.21. The minimum atomic E-state index is -0.982. The molecule has 1 heterocycles. The summed E-state index contributed by atoms with van der Waals surface area (Å²) in [6, 6.07) is 12.4. The highest BCUT2D eigenvalue weighted by Crippen LogP contribution is 2.43. The van der Waals surface area contributed by atoms with E-state index in [1.807, 2.05) is 18.2 Å². The van der Waals surface area contributed by atoms with Crippen molar-refractivity contribution in [3.63, 3.8) is 0 Å². The summed E-state index contributed by atoms with van der Waals surface area (Å²) in [6.07, 6.45) is 0. The third-order valence-electron chi connectivity index (χ3n) is 3.57. The molecule has 96 valence electrons. The molecule has 0 amide bonds. The Bertz CT molecular complexity index is 799. The quantitative estimate of drug-likeness (QED) is 0.671. The number of hydrogen-bond acceptors (Lipinski definition) is 2. The molecular formula is C16H14O2S. The molecule has 3 aromatic rings. The van der Waals surface area contributed by atoms with Crippen LogP contribution in [0.1, 0.15) is 11.1 Å². The van der Waals surface area contributed by atoms with Crippen LogP contribution in [0.15, 0.2) is 36.4 Å². The monoisotopic (exact) mass is 270 g/mol. The summed E-state index contributed by atoms with van der Waals surface area (Å²) in [5.41, 5.74) is 2.45. The van der Waals surface area contributed by atoms with Gasteiger partial charge in [-0.15, -0.1) is 0 Å². The molecule has 1 atom stereocenters. The number of rotatable bonds is 2. The van der Waals surface area contributed by atoms with Gasteiger partial charge in [0, 0.05) is 16.8 Å². The lowest BCUT2D eigenvalue weighted by Crippen LogP contribution is -2.22. The van der Waals surface area contributed by atoms with Crippen LogP contribution in [0.4, 0.5) is 0 Å². The Morgan fingerprint density at radius 3 is 2.47 bits per heavy atom. The maximum atomic E-state index is 11.0. The molecule has 19 heavy (non-hydrogen) atoms. The number of carboxylic acids is 1. The van der Waals surface area contributed by atoms with Crippen LogP contribution in [0.3, 0.4) is 0 Å². The second-order valence-electron chi connectivity index (χ2n) is 4.84. The first-order valence-corrected chi connectivity index (χ1v) is 7.58. The van der Waals surface area contributed by atoms with Crippen LogP contribution in [-0.4, -0.2) is 5.97 Å². The zero-order valence-electron chi connectivity index (χ0n) is 10.9. The van der Waals surface area contributed by atoms with Crippen molar-refractivity contribution < 1.29 is 9.90 Å². The minimum absolute atomic E-state index is 0.0759. The highest BCUT2D eigenvalue weighted by atomic mass is 32.2. The molecule has 1 unspecified atom stereocenters. The molecule has 0 saturated heterocycles. The van der Waals surface area contributed by atoms with Crippen molar-refractivity contribution in [1.29, 1.82) is 0 Å². The average Bonchev–Trinajstić information content (AvgIpc) is 2.65. The van der Waals surface area contributed by atoms with Crippen LogP contribution >= 0.6 is 10.5 Å². The maximum Gasteiger partial charge on any atom is 0.182 e. The number of aryl methyl sites for hydroxylation is 2. The van der Waals surface area contributed by atoms with Crippen LogP contribution in [0, 0.1) is 13.8 Å². The largest absolute Gasteiger partial charge is 0.545 e. The molecule has 0 N–H and O–H groups in total. The molecule has 0 aliphatic heterocycles. The molecule has 3 heteroatoms. The van der Waals surface area contributed by atoms with Crippen molar-refractivity contribution in [2.45, 2.75) is 19.6 Å². The average molecular weight is 270 g/mol. The van der Waals surface area contributed by atoms with Gasteiger partial charge in [-0.05, 0) is 53.6 Å². The van der Waals surface area contributed by atoms with Crippen molar-refractivity contribution in [2.75, 3.05) is 0 Å². The summed E-state index contributed by atoms with van der Waals surface area (Å²) in [6.45, 7) is 4.16. The third-order valence-corrected chi connectivity index (χ3v) is 5.85. The number of hydrogen-bond donors (Lipinski definition) is 0. The molecule has 3 rings (SSSR count). The van der Waals surface area contributed by atoms with E-state index in [0.29, 0.717) is 0 Å². The zero-order chi connectivity index (χ0) is 13.6. The normalized spacial score (nSPS) is 12.2. The van der Waals surface area contributed by atoms with Gasteiger partial charge in [0.25, 0.3) is 0 Å². The minimum Gasteiger partial charge on any atom is -0.545 e. The van der Waals surface area contributed by atoms with Crippen molar-refractivity contribution in [2.24, 2.45) is 0 Å². The van der Waals surface area contributed by atoms with Crippen LogP contribution in [0.2, 0.25) is 0 Å². The molecule has 0 saturated carbocycles. The lowest BCUT2D eigenvalue weighted by atomic mass is 10.1. The van der Waals surface area contributed by atoms with Gasteiger partial charge in [-0.3, -0.25) is 0 Å². The summed E-state index contributed by atoms with van der Waals surface area (Å²) in [5, 5.41) is 13.4. The number of benzene rings is 2. The molecule has 2 nitrogen and oxygen atoms in total. The van der Waals surface area contributed by atoms with E-state index >= 15 is 0 Å². The van der Waals surface area contributed by atoms with Crippen LogP contribution in [0.25, 0.3) is 20.2 Å². The second-order valence-corrected chi connectivity index (χ2v) is 6.79. The predicted molar refractivity (Wildman–Crippen MR) is 78.4 cm³/mol. The van der Waals surface area contributed by atoms with Gasteiger partial charge in [-0.1, -0.05) is 12.1 Å². The SMILES string of the molecule is Cc1cc2c3ccccc3[s+](CC(=O)[O-])c2cc1C. The summed E-state index contributed by atoms with van der Waals surface area (Å²) in [4.78, 5) is 11.0. The smallest absolute Gasteiger partial charge is 0.182 e. The highest BCUT2D eigenvalue weighted by molar-refractivity contribution is 7.43. The van der Waals surface area contributed by atoms with E-state index in [1.165, 1.54) is 21.9 Å². The van der Waals surface area contributed by atoms with Crippen molar-refractivity contribution in [1.82, 2.24) is 0 Å². The van der Waals surface area contributed by atoms with Crippen molar-refractivity contribution in [3.05, 3.63) is 47.5 Å². The first-order valence-electron chi connectivity index (χ1n) is 6.19. The molecule has 2 aromatic carbocycles. The van der Waals surface area contributed by atoms with Gasteiger partial charge in [-0.2, -0.15) is 0 Å². The lowest BCUT2D eigenvalue weighted by Gasteiger charge is -1.99. The Morgan fingerprint density at radius 2 is 1.74 bits per heavy atom. The van der Waals surface area contributed by atoms with E-state index in [9.17, 15) is 9.90 Å². The Labute approximate surface area is 114 Å². The maximum absolute atomic E-state index is 11.0. The lowest BCUT2D eigenvalue weighted by molar-refractivity contribution is -0.303. The molecule has 0 bridgehead atoms. The van der Waals surface area contributed by atoms with Crippen LogP contribution < -0.4 is 5.11 Å². The first kappa shape index (κ1) is 12.2. The summed E-state index contributed by atoms with van der Waals surface area (Å²) in [5.74, 6) is -0.906. The number of carbonyl (C=O) groups excluding carboxylic acids is 1. The van der Waals surface area contributed by atoms with Gasteiger partial charge in [0.1, 0.15) is 0 Å². The number of aliphatic carboxylic acids is 1. The molecule has 1 aromatic heterocycles. The molecule has 0 fully saturated rings. The van der Waals surface area contributed by atoms with Crippen LogP contribution in [0.5, 0.6) is 0 Å². The van der Waals surface area contributed by atoms with Gasteiger partial charge in [-0.25, -0.2) is 0 Å². The molecule has 0 aliphatic rings.